The van der Waals surface area contributed by atoms with Crippen LogP contribution in [0.4, 0.5) is 13.2 Å². The summed E-state index contributed by atoms with van der Waals surface area (Å²) in [5.41, 5.74) is 3.30. The molecule has 5 N–H and O–H groups in total. The number of nitrogens with zero attached hydrogens (tertiary/aromatic N) is 1. The average molecular weight is 462 g/mol. The first-order valence-electron chi connectivity index (χ1n) is 9.27. The Hall–Kier alpha value is -3.35. The van der Waals surface area contributed by atoms with Crippen molar-refractivity contribution in [1.82, 2.24) is 4.90 Å². The molecule has 10 nitrogen and oxygen atoms in total. The number of carbonyl (C=O) groups excluding carboxylic acids is 1. The summed E-state index contributed by atoms with van der Waals surface area (Å²) in [6, 6.07) is 6.48. The van der Waals surface area contributed by atoms with E-state index in [9.17, 15) is 37.8 Å². The van der Waals surface area contributed by atoms with Crippen LogP contribution in [0.1, 0.15) is 23.2 Å². The predicted molar refractivity (Wildman–Crippen MR) is 100.0 cm³/mol. The number of amides is 1. The van der Waals surface area contributed by atoms with Crippen LogP contribution >= 0.6 is 0 Å². The Morgan fingerprint density at radius 2 is 1.47 bits per heavy atom. The van der Waals surface area contributed by atoms with Gasteiger partial charge >= 0.3 is 24.1 Å². The molecule has 0 spiro atoms. The lowest BCUT2D eigenvalue weighted by atomic mass is 9.97. The number of likely N-dealkylation sites (tertiary alicyclic amines) is 1. The second kappa shape index (κ2) is 9.02. The standard InChI is InChI=1S/C17H20N2O6.C2HF3O2/c18-13(20)11-2-4-12(5-3-11)25-7-1-6-19-9-16(14(21)22)8-17(16,10-19)15(23)24;3-2(4,5)1(6)7/h2-5H,1,6-10H2,(H2,18,20)(H,21,22)(H,23,24);(H,6,7)/t16-,17+;. The van der Waals surface area contributed by atoms with Crippen LogP contribution in [-0.4, -0.2) is 76.5 Å². The molecule has 2 atom stereocenters. The topological polar surface area (TPSA) is 167 Å². The van der Waals surface area contributed by atoms with E-state index in [-0.39, 0.29) is 19.5 Å². The van der Waals surface area contributed by atoms with Gasteiger partial charge in [-0.25, -0.2) is 4.79 Å². The highest BCUT2D eigenvalue weighted by Gasteiger charge is 2.80. The van der Waals surface area contributed by atoms with Crippen molar-refractivity contribution in [1.29, 1.82) is 0 Å². The molecule has 1 amide bonds. The van der Waals surface area contributed by atoms with E-state index < -0.39 is 40.8 Å². The fraction of sp³-hybridized carbons (Fsp3) is 0.474. The fourth-order valence-corrected chi connectivity index (χ4v) is 3.75. The van der Waals surface area contributed by atoms with Crippen LogP contribution in [0.5, 0.6) is 5.75 Å². The second-order valence-corrected chi connectivity index (χ2v) is 7.56. The van der Waals surface area contributed by atoms with E-state index in [1.807, 2.05) is 4.90 Å². The molecule has 13 heteroatoms. The van der Waals surface area contributed by atoms with Crippen LogP contribution < -0.4 is 10.5 Å². The SMILES string of the molecule is NC(=O)c1ccc(OCCCN2C[C@@]3(C(=O)O)C[C@@]3(C(=O)O)C2)cc1.O=C(O)C(F)(F)F. The third-order valence-corrected chi connectivity index (χ3v) is 5.47. The number of hydrogen-bond donors (Lipinski definition) is 4. The maximum atomic E-state index is 11.5. The molecule has 0 unspecified atom stereocenters. The molecule has 0 radical (unpaired) electrons. The summed E-state index contributed by atoms with van der Waals surface area (Å²) in [5, 5.41) is 25.9. The van der Waals surface area contributed by atoms with Crippen molar-refractivity contribution in [3.63, 3.8) is 0 Å². The van der Waals surface area contributed by atoms with Crippen LogP contribution in [0, 0.1) is 10.8 Å². The van der Waals surface area contributed by atoms with Gasteiger partial charge in [0, 0.05) is 25.2 Å². The first kappa shape index (κ1) is 24.9. The molecule has 1 aromatic carbocycles. The van der Waals surface area contributed by atoms with Crippen molar-refractivity contribution in [3.05, 3.63) is 29.8 Å². The molecule has 2 fully saturated rings. The van der Waals surface area contributed by atoms with Gasteiger partial charge < -0.3 is 30.7 Å². The number of nitrogens with two attached hydrogens (primary N) is 1. The molecule has 32 heavy (non-hydrogen) atoms. The molecule has 1 aliphatic carbocycles. The minimum atomic E-state index is -5.08. The van der Waals surface area contributed by atoms with Crippen molar-refractivity contribution in [2.45, 2.75) is 19.0 Å². The second-order valence-electron chi connectivity index (χ2n) is 7.56. The summed E-state index contributed by atoms with van der Waals surface area (Å²) in [5.74, 6) is -4.70. The molecule has 0 aromatic heterocycles. The number of piperidine rings is 1. The van der Waals surface area contributed by atoms with Crippen LogP contribution in [0.25, 0.3) is 0 Å². The maximum absolute atomic E-state index is 11.5. The first-order chi connectivity index (χ1) is 14.7. The van der Waals surface area contributed by atoms with E-state index in [0.29, 0.717) is 30.9 Å². The first-order valence-corrected chi connectivity index (χ1v) is 9.27. The highest BCUT2D eigenvalue weighted by molar-refractivity contribution is 5.94. The largest absolute Gasteiger partial charge is 0.494 e. The quantitative estimate of drug-likeness (QED) is 0.413. The van der Waals surface area contributed by atoms with Gasteiger partial charge in [0.15, 0.2) is 0 Å². The number of alkyl halides is 3. The molecule has 176 valence electrons. The highest BCUT2D eigenvalue weighted by Crippen LogP contribution is 2.68. The molecule has 1 aromatic rings. The van der Waals surface area contributed by atoms with E-state index >= 15 is 0 Å². The number of primary amides is 1. The Balaban J connectivity index is 0.000000451. The normalized spacial score (nSPS) is 24.0. The summed E-state index contributed by atoms with van der Waals surface area (Å²) >= 11 is 0. The third kappa shape index (κ3) is 5.10. The van der Waals surface area contributed by atoms with E-state index in [0.717, 1.165) is 0 Å². The van der Waals surface area contributed by atoms with Crippen molar-refractivity contribution >= 4 is 23.8 Å². The number of fused-ring (bicyclic) bond motifs is 1. The van der Waals surface area contributed by atoms with Crippen molar-refractivity contribution in [3.8, 4) is 5.75 Å². The minimum absolute atomic E-state index is 0.212. The number of carboxylic acids is 3. The van der Waals surface area contributed by atoms with Crippen molar-refractivity contribution in [2.24, 2.45) is 16.6 Å². The predicted octanol–water partition coefficient (Wildman–Crippen LogP) is 1.05. The molecule has 1 aliphatic heterocycles. The molecular weight excluding hydrogens is 441 g/mol. The molecule has 0 bridgehead atoms. The Bertz CT molecular complexity index is 877. The molecule has 1 heterocycles. The van der Waals surface area contributed by atoms with Crippen LogP contribution in [-0.2, 0) is 14.4 Å². The number of rotatable bonds is 8. The molecular formula is C19H21F3N2O8. The van der Waals surface area contributed by atoms with Gasteiger partial charge in [0.05, 0.1) is 17.4 Å². The summed E-state index contributed by atoms with van der Waals surface area (Å²) in [6.45, 7) is 1.51. The number of halogens is 3. The molecule has 2 aliphatic rings. The number of benzene rings is 1. The Labute approximate surface area is 179 Å². The lowest BCUT2D eigenvalue weighted by Crippen LogP contribution is -2.30. The summed E-state index contributed by atoms with van der Waals surface area (Å²) in [6.07, 6.45) is -4.23. The smallest absolute Gasteiger partial charge is 0.490 e. The number of ether oxygens (including phenoxy) is 1. The van der Waals surface area contributed by atoms with Gasteiger partial charge in [-0.2, -0.15) is 13.2 Å². The van der Waals surface area contributed by atoms with Gasteiger partial charge in [0.1, 0.15) is 5.75 Å². The number of carbonyl (C=O) groups is 4. The number of carboxylic acid groups (broad SMARTS) is 3. The zero-order chi connectivity index (χ0) is 24.3. The van der Waals surface area contributed by atoms with Gasteiger partial charge in [0.25, 0.3) is 0 Å². The molecule has 1 saturated heterocycles. The zero-order valence-electron chi connectivity index (χ0n) is 16.6. The average Bonchev–Trinajstić information content (AvgIpc) is 3.24. The van der Waals surface area contributed by atoms with Gasteiger partial charge in [-0.1, -0.05) is 0 Å². The molecule has 3 rings (SSSR count). The van der Waals surface area contributed by atoms with E-state index in [2.05, 4.69) is 0 Å². The van der Waals surface area contributed by atoms with Crippen LogP contribution in [0.2, 0.25) is 0 Å². The summed E-state index contributed by atoms with van der Waals surface area (Å²) in [4.78, 5) is 44.7. The zero-order valence-corrected chi connectivity index (χ0v) is 16.6. The molecule has 1 saturated carbocycles. The Kier molecular flexibility index (Phi) is 7.03. The van der Waals surface area contributed by atoms with E-state index in [1.54, 1.807) is 24.3 Å². The maximum Gasteiger partial charge on any atom is 0.490 e. The van der Waals surface area contributed by atoms with Crippen LogP contribution in [0.15, 0.2) is 24.3 Å². The third-order valence-electron chi connectivity index (χ3n) is 5.47. The number of aliphatic carboxylic acids is 3. The van der Waals surface area contributed by atoms with Gasteiger partial charge in [0.2, 0.25) is 5.91 Å². The van der Waals surface area contributed by atoms with Gasteiger partial charge in [-0.05, 0) is 37.1 Å². The monoisotopic (exact) mass is 462 g/mol. The van der Waals surface area contributed by atoms with Crippen molar-refractivity contribution in [2.75, 3.05) is 26.2 Å². The minimum Gasteiger partial charge on any atom is -0.494 e. The lowest BCUT2D eigenvalue weighted by Gasteiger charge is -2.19. The van der Waals surface area contributed by atoms with Crippen LogP contribution in [0.3, 0.4) is 0 Å². The summed E-state index contributed by atoms with van der Waals surface area (Å²) < 4.78 is 37.3. The van der Waals surface area contributed by atoms with Crippen molar-refractivity contribution < 1.29 is 52.4 Å². The van der Waals surface area contributed by atoms with Gasteiger partial charge in [-0.15, -0.1) is 0 Å². The highest BCUT2D eigenvalue weighted by atomic mass is 19.4. The number of hydrogen-bond acceptors (Lipinski definition) is 6. The lowest BCUT2D eigenvalue weighted by molar-refractivity contribution is -0.192. The van der Waals surface area contributed by atoms with E-state index in [1.165, 1.54) is 0 Å². The van der Waals surface area contributed by atoms with E-state index in [4.69, 9.17) is 20.4 Å². The Morgan fingerprint density at radius 1 is 1.00 bits per heavy atom. The fourth-order valence-electron chi connectivity index (χ4n) is 3.75. The summed E-state index contributed by atoms with van der Waals surface area (Å²) in [7, 11) is 0. The Morgan fingerprint density at radius 3 is 1.84 bits per heavy atom. The van der Waals surface area contributed by atoms with Gasteiger partial charge in [-0.3, -0.25) is 14.4 Å².